The van der Waals surface area contributed by atoms with Crippen molar-refractivity contribution in [3.63, 3.8) is 0 Å². The molecule has 3 rings (SSSR count). The first-order valence-electron chi connectivity index (χ1n) is 10.7. The Labute approximate surface area is 192 Å². The summed E-state index contributed by atoms with van der Waals surface area (Å²) >= 11 is 0. The van der Waals surface area contributed by atoms with Crippen LogP contribution in [-0.4, -0.2) is 48.5 Å². The molecule has 2 N–H and O–H groups in total. The van der Waals surface area contributed by atoms with Crippen LogP contribution in [0.25, 0.3) is 11.4 Å². The van der Waals surface area contributed by atoms with Crippen molar-refractivity contribution in [1.29, 1.82) is 0 Å². The minimum Gasteiger partial charge on any atom is -0.493 e. The molecule has 33 heavy (non-hydrogen) atoms. The number of aryl methyl sites for hydroxylation is 1. The molecule has 0 atom stereocenters. The van der Waals surface area contributed by atoms with Gasteiger partial charge in [0.15, 0.2) is 17.3 Å². The maximum atomic E-state index is 12.4. The van der Waals surface area contributed by atoms with Crippen molar-refractivity contribution >= 4 is 5.91 Å². The lowest BCUT2D eigenvalue weighted by atomic mass is 10.2. The highest BCUT2D eigenvalue weighted by atomic mass is 16.5. The molecule has 0 aliphatic heterocycles. The van der Waals surface area contributed by atoms with Gasteiger partial charge in [-0.2, -0.15) is 0 Å². The van der Waals surface area contributed by atoms with Crippen LogP contribution >= 0.6 is 0 Å². The molecule has 9 nitrogen and oxygen atoms in total. The van der Waals surface area contributed by atoms with Crippen molar-refractivity contribution in [3.8, 4) is 22.9 Å². The SMILES string of the molecule is COCCCNC(=O)CCc1nnc(-c2ccc(OCc3ccccc3)c(OC)c2)[nH]c1=O. The van der Waals surface area contributed by atoms with Crippen LogP contribution in [0.4, 0.5) is 0 Å². The van der Waals surface area contributed by atoms with Crippen molar-refractivity contribution in [1.82, 2.24) is 20.5 Å². The van der Waals surface area contributed by atoms with Crippen molar-refractivity contribution in [2.45, 2.75) is 25.9 Å². The number of aromatic nitrogens is 3. The molecule has 0 bridgehead atoms. The lowest BCUT2D eigenvalue weighted by Gasteiger charge is -2.12. The monoisotopic (exact) mass is 452 g/mol. The fourth-order valence-corrected chi connectivity index (χ4v) is 3.09. The van der Waals surface area contributed by atoms with Gasteiger partial charge >= 0.3 is 0 Å². The zero-order valence-corrected chi connectivity index (χ0v) is 18.8. The number of H-pyrrole nitrogens is 1. The first kappa shape index (κ1) is 23.9. The molecule has 1 heterocycles. The average Bonchev–Trinajstić information content (AvgIpc) is 2.85. The van der Waals surface area contributed by atoms with Crippen LogP contribution in [0.15, 0.2) is 53.3 Å². The molecule has 0 fully saturated rings. The van der Waals surface area contributed by atoms with Crippen molar-refractivity contribution in [2.75, 3.05) is 27.4 Å². The van der Waals surface area contributed by atoms with Gasteiger partial charge in [0.05, 0.1) is 7.11 Å². The lowest BCUT2D eigenvalue weighted by molar-refractivity contribution is -0.121. The molecule has 9 heteroatoms. The summed E-state index contributed by atoms with van der Waals surface area (Å²) in [4.78, 5) is 27.1. The van der Waals surface area contributed by atoms with Gasteiger partial charge in [0, 0.05) is 38.7 Å². The van der Waals surface area contributed by atoms with E-state index < -0.39 is 0 Å². The lowest BCUT2D eigenvalue weighted by Crippen LogP contribution is -2.27. The second kappa shape index (κ2) is 12.4. The summed E-state index contributed by atoms with van der Waals surface area (Å²) in [6.45, 7) is 1.51. The van der Waals surface area contributed by atoms with E-state index in [4.69, 9.17) is 14.2 Å². The third-order valence-electron chi connectivity index (χ3n) is 4.88. The van der Waals surface area contributed by atoms with Crippen LogP contribution in [0.2, 0.25) is 0 Å². The second-order valence-corrected chi connectivity index (χ2v) is 7.29. The highest BCUT2D eigenvalue weighted by Crippen LogP contribution is 2.31. The van der Waals surface area contributed by atoms with E-state index in [0.29, 0.717) is 42.6 Å². The molecule has 1 aromatic heterocycles. The zero-order valence-electron chi connectivity index (χ0n) is 18.8. The number of nitrogens with zero attached hydrogens (tertiary/aromatic N) is 2. The Bertz CT molecular complexity index is 1100. The van der Waals surface area contributed by atoms with E-state index in [0.717, 1.165) is 12.0 Å². The molecule has 0 aliphatic rings. The van der Waals surface area contributed by atoms with Crippen LogP contribution in [0.3, 0.4) is 0 Å². The maximum absolute atomic E-state index is 12.4. The van der Waals surface area contributed by atoms with Crippen LogP contribution in [0.5, 0.6) is 11.5 Å². The molecule has 2 aromatic carbocycles. The van der Waals surface area contributed by atoms with Gasteiger partial charge < -0.3 is 24.5 Å². The van der Waals surface area contributed by atoms with Crippen LogP contribution in [0.1, 0.15) is 24.1 Å². The fraction of sp³-hybridized carbons (Fsp3) is 0.333. The predicted octanol–water partition coefficient (Wildman–Crippen LogP) is 2.50. The van der Waals surface area contributed by atoms with Crippen molar-refractivity contribution < 1.29 is 19.0 Å². The first-order chi connectivity index (χ1) is 16.1. The summed E-state index contributed by atoms with van der Waals surface area (Å²) in [5, 5.41) is 10.9. The third kappa shape index (κ3) is 7.15. The number of amides is 1. The number of nitrogens with one attached hydrogen (secondary N) is 2. The number of methoxy groups -OCH3 is 2. The molecule has 1 amide bonds. The first-order valence-corrected chi connectivity index (χ1v) is 10.7. The molecule has 0 saturated carbocycles. The van der Waals surface area contributed by atoms with Gasteiger partial charge in [-0.25, -0.2) is 0 Å². The summed E-state index contributed by atoms with van der Waals surface area (Å²) < 4.78 is 16.2. The molecule has 0 spiro atoms. The van der Waals surface area contributed by atoms with E-state index in [1.165, 1.54) is 0 Å². The molecule has 0 aliphatic carbocycles. The summed E-state index contributed by atoms with van der Waals surface area (Å²) in [7, 11) is 3.16. The molecule has 3 aromatic rings. The number of hydrogen-bond acceptors (Lipinski definition) is 7. The number of aromatic amines is 1. The quantitative estimate of drug-likeness (QED) is 0.406. The molecule has 0 radical (unpaired) electrons. The van der Waals surface area contributed by atoms with E-state index in [1.807, 2.05) is 30.3 Å². The third-order valence-corrected chi connectivity index (χ3v) is 4.88. The maximum Gasteiger partial charge on any atom is 0.273 e. The predicted molar refractivity (Wildman–Crippen MR) is 123 cm³/mol. The van der Waals surface area contributed by atoms with E-state index in [-0.39, 0.29) is 30.0 Å². The Morgan fingerprint density at radius 1 is 1.06 bits per heavy atom. The zero-order chi connectivity index (χ0) is 23.5. The van der Waals surface area contributed by atoms with Crippen LogP contribution in [-0.2, 0) is 22.6 Å². The van der Waals surface area contributed by atoms with Gasteiger partial charge in [-0.1, -0.05) is 30.3 Å². The molecule has 174 valence electrons. The minimum atomic E-state index is -0.379. The molecular formula is C24H28N4O5. The molecule has 0 unspecified atom stereocenters. The second-order valence-electron chi connectivity index (χ2n) is 7.29. The number of carbonyl (C=O) groups is 1. The number of benzene rings is 2. The Morgan fingerprint density at radius 3 is 2.61 bits per heavy atom. The van der Waals surface area contributed by atoms with Crippen molar-refractivity contribution in [3.05, 3.63) is 70.1 Å². The van der Waals surface area contributed by atoms with E-state index in [1.54, 1.807) is 32.4 Å². The van der Waals surface area contributed by atoms with E-state index >= 15 is 0 Å². The summed E-state index contributed by atoms with van der Waals surface area (Å²) in [5.41, 5.74) is 1.50. The average molecular weight is 453 g/mol. The number of hydrogen-bond donors (Lipinski definition) is 2. The van der Waals surface area contributed by atoms with Gasteiger partial charge in [0.2, 0.25) is 5.91 Å². The van der Waals surface area contributed by atoms with Gasteiger partial charge in [0.25, 0.3) is 5.56 Å². The highest BCUT2D eigenvalue weighted by Gasteiger charge is 2.12. The summed E-state index contributed by atoms with van der Waals surface area (Å²) in [6, 6.07) is 15.1. The Balaban J connectivity index is 1.62. The van der Waals surface area contributed by atoms with Gasteiger partial charge in [-0.05, 0) is 30.2 Å². The van der Waals surface area contributed by atoms with Gasteiger partial charge in [-0.15, -0.1) is 10.2 Å². The van der Waals surface area contributed by atoms with Crippen molar-refractivity contribution in [2.24, 2.45) is 0 Å². The topological polar surface area (TPSA) is 115 Å². The van der Waals surface area contributed by atoms with Gasteiger partial charge in [0.1, 0.15) is 12.3 Å². The summed E-state index contributed by atoms with van der Waals surface area (Å²) in [5.74, 6) is 1.25. The number of rotatable bonds is 12. The Kier molecular flexibility index (Phi) is 8.96. The largest absolute Gasteiger partial charge is 0.493 e. The summed E-state index contributed by atoms with van der Waals surface area (Å²) in [6.07, 6.45) is 1.09. The van der Waals surface area contributed by atoms with Gasteiger partial charge in [-0.3, -0.25) is 9.59 Å². The minimum absolute atomic E-state index is 0.146. The Morgan fingerprint density at radius 2 is 1.88 bits per heavy atom. The molecule has 0 saturated heterocycles. The number of carbonyl (C=O) groups excluding carboxylic acids is 1. The standard InChI is InChI=1S/C24H28N4O5/c1-31-14-6-13-25-22(29)12-10-19-24(30)26-23(28-27-19)18-9-11-20(21(15-18)32-2)33-16-17-7-4-3-5-8-17/h3-5,7-9,11,15H,6,10,12-14,16H2,1-2H3,(H,25,29)(H,26,28,30). The van der Waals surface area contributed by atoms with E-state index in [9.17, 15) is 9.59 Å². The Hall–Kier alpha value is -3.72. The van der Waals surface area contributed by atoms with Crippen LogP contribution < -0.4 is 20.3 Å². The smallest absolute Gasteiger partial charge is 0.273 e. The van der Waals surface area contributed by atoms with E-state index in [2.05, 4.69) is 20.5 Å². The number of ether oxygens (including phenoxy) is 3. The van der Waals surface area contributed by atoms with Crippen LogP contribution in [0, 0.1) is 0 Å². The highest BCUT2D eigenvalue weighted by molar-refractivity contribution is 5.76. The normalized spacial score (nSPS) is 10.6. The fourth-order valence-electron chi connectivity index (χ4n) is 3.09. The molecular weight excluding hydrogens is 424 g/mol.